The maximum Gasteiger partial charge on any atom is 0.322 e. The Kier molecular flexibility index (Phi) is 7.21. The van der Waals surface area contributed by atoms with E-state index in [4.69, 9.17) is 0 Å². The summed E-state index contributed by atoms with van der Waals surface area (Å²) in [6, 6.07) is 17.0. The van der Waals surface area contributed by atoms with Gasteiger partial charge in [0.15, 0.2) is 0 Å². The Hall–Kier alpha value is -2.82. The predicted octanol–water partition coefficient (Wildman–Crippen LogP) is 4.73. The molecular weight excluding hydrogens is 326 g/mol. The fourth-order valence-electron chi connectivity index (χ4n) is 2.45. The first-order chi connectivity index (χ1) is 12.5. The molecular formula is C21H27N3O2. The predicted molar refractivity (Wildman–Crippen MR) is 106 cm³/mol. The summed E-state index contributed by atoms with van der Waals surface area (Å²) in [6.45, 7) is 7.00. The van der Waals surface area contributed by atoms with Crippen LogP contribution in [-0.4, -0.2) is 23.4 Å². The lowest BCUT2D eigenvalue weighted by atomic mass is 10.2. The van der Waals surface area contributed by atoms with Gasteiger partial charge in [-0.25, -0.2) is 4.79 Å². The lowest BCUT2D eigenvalue weighted by molar-refractivity contribution is -0.118. The van der Waals surface area contributed by atoms with Gasteiger partial charge >= 0.3 is 6.03 Å². The Morgan fingerprint density at radius 1 is 0.923 bits per heavy atom. The summed E-state index contributed by atoms with van der Waals surface area (Å²) in [7, 11) is 0. The molecule has 0 spiro atoms. The first-order valence-corrected chi connectivity index (χ1v) is 9.00. The van der Waals surface area contributed by atoms with E-state index in [1.54, 1.807) is 29.2 Å². The van der Waals surface area contributed by atoms with E-state index in [0.29, 0.717) is 18.8 Å². The number of carbonyl (C=O) groups is 2. The molecule has 0 fully saturated rings. The van der Waals surface area contributed by atoms with Gasteiger partial charge in [0, 0.05) is 30.4 Å². The van der Waals surface area contributed by atoms with Gasteiger partial charge in [-0.15, -0.1) is 0 Å². The van der Waals surface area contributed by atoms with Crippen LogP contribution in [0.3, 0.4) is 0 Å². The van der Waals surface area contributed by atoms with Crippen LogP contribution in [0.2, 0.25) is 0 Å². The highest BCUT2D eigenvalue weighted by Crippen LogP contribution is 2.16. The van der Waals surface area contributed by atoms with Crippen molar-refractivity contribution < 1.29 is 9.59 Å². The number of carbonyl (C=O) groups excluding carboxylic acids is 2. The molecule has 3 amide bonds. The molecule has 2 N–H and O–H groups in total. The third-order valence-corrected chi connectivity index (χ3v) is 3.93. The van der Waals surface area contributed by atoms with E-state index >= 15 is 0 Å². The Morgan fingerprint density at radius 3 is 2.04 bits per heavy atom. The van der Waals surface area contributed by atoms with Gasteiger partial charge in [-0.3, -0.25) is 4.79 Å². The maximum atomic E-state index is 12.6. The van der Waals surface area contributed by atoms with Gasteiger partial charge < -0.3 is 15.5 Å². The minimum atomic E-state index is -0.130. The van der Waals surface area contributed by atoms with Gasteiger partial charge in [-0.2, -0.15) is 0 Å². The molecule has 0 heterocycles. The van der Waals surface area contributed by atoms with Crippen LogP contribution in [0.1, 0.15) is 32.8 Å². The first kappa shape index (κ1) is 19.5. The van der Waals surface area contributed by atoms with Gasteiger partial charge in [-0.05, 0) is 36.2 Å². The van der Waals surface area contributed by atoms with Crippen molar-refractivity contribution in [2.45, 2.75) is 33.7 Å². The number of rotatable bonds is 7. The van der Waals surface area contributed by atoms with Crippen molar-refractivity contribution in [3.63, 3.8) is 0 Å². The second-order valence-corrected chi connectivity index (χ2v) is 6.56. The van der Waals surface area contributed by atoms with Crippen LogP contribution in [0.5, 0.6) is 0 Å². The molecule has 5 nitrogen and oxygen atoms in total. The summed E-state index contributed by atoms with van der Waals surface area (Å²) in [5.41, 5.74) is 2.52. The molecule has 0 saturated heterocycles. The van der Waals surface area contributed by atoms with Crippen molar-refractivity contribution in [3.8, 4) is 0 Å². The summed E-state index contributed by atoms with van der Waals surface area (Å²) in [6.07, 6.45) is 0.889. The summed E-state index contributed by atoms with van der Waals surface area (Å²) in [5, 5.41) is 5.76. The molecule has 2 aromatic rings. The van der Waals surface area contributed by atoms with Crippen LogP contribution in [0, 0.1) is 5.92 Å². The highest BCUT2D eigenvalue weighted by molar-refractivity contribution is 5.93. The number of hydrogen-bond donors (Lipinski definition) is 2. The molecule has 0 saturated carbocycles. The zero-order chi connectivity index (χ0) is 18.9. The first-order valence-electron chi connectivity index (χ1n) is 9.00. The summed E-state index contributed by atoms with van der Waals surface area (Å²) >= 11 is 0. The Morgan fingerprint density at radius 2 is 1.50 bits per heavy atom. The van der Waals surface area contributed by atoms with Gasteiger partial charge in [0.05, 0.1) is 0 Å². The summed E-state index contributed by atoms with van der Waals surface area (Å²) < 4.78 is 0. The maximum absolute atomic E-state index is 12.6. The fourth-order valence-corrected chi connectivity index (χ4v) is 2.45. The molecule has 0 aliphatic heterocycles. The standard InChI is InChI=1S/C21H27N3O2/c1-4-14-24(15-17-8-6-5-7-9-17)21(26)23-19-12-10-18(11-13-19)22-20(25)16(2)3/h5-13,16H,4,14-15H2,1-3H3,(H,22,25)(H,23,26). The normalized spacial score (nSPS) is 10.5. The molecule has 0 unspecified atom stereocenters. The lowest BCUT2D eigenvalue weighted by Gasteiger charge is -2.23. The van der Waals surface area contributed by atoms with Crippen molar-refractivity contribution in [1.82, 2.24) is 4.90 Å². The average molecular weight is 353 g/mol. The van der Waals surface area contributed by atoms with Crippen molar-refractivity contribution in [3.05, 3.63) is 60.2 Å². The largest absolute Gasteiger partial charge is 0.326 e. The van der Waals surface area contributed by atoms with Crippen LogP contribution in [0.15, 0.2) is 54.6 Å². The zero-order valence-electron chi connectivity index (χ0n) is 15.7. The van der Waals surface area contributed by atoms with E-state index in [9.17, 15) is 9.59 Å². The van der Waals surface area contributed by atoms with Crippen LogP contribution in [0.4, 0.5) is 16.2 Å². The Labute approximate surface area is 155 Å². The second kappa shape index (κ2) is 9.61. The SMILES string of the molecule is CCCN(Cc1ccccc1)C(=O)Nc1ccc(NC(=O)C(C)C)cc1. The van der Waals surface area contributed by atoms with Crippen molar-refractivity contribution in [1.29, 1.82) is 0 Å². The summed E-state index contributed by atoms with van der Waals surface area (Å²) in [5.74, 6) is -0.103. The molecule has 0 bridgehead atoms. The molecule has 2 aromatic carbocycles. The van der Waals surface area contributed by atoms with E-state index in [2.05, 4.69) is 17.6 Å². The fraction of sp³-hybridized carbons (Fsp3) is 0.333. The van der Waals surface area contributed by atoms with Crippen LogP contribution >= 0.6 is 0 Å². The molecule has 0 aliphatic carbocycles. The van der Waals surface area contributed by atoms with Crippen LogP contribution in [0.25, 0.3) is 0 Å². The van der Waals surface area contributed by atoms with Gasteiger partial charge in [-0.1, -0.05) is 51.1 Å². The second-order valence-electron chi connectivity index (χ2n) is 6.56. The number of urea groups is 1. The molecule has 138 valence electrons. The van der Waals surface area contributed by atoms with Crippen molar-refractivity contribution in [2.75, 3.05) is 17.2 Å². The van der Waals surface area contributed by atoms with Crippen molar-refractivity contribution >= 4 is 23.3 Å². The van der Waals surface area contributed by atoms with Gasteiger partial charge in [0.2, 0.25) is 5.91 Å². The number of nitrogens with zero attached hydrogens (tertiary/aromatic N) is 1. The summed E-state index contributed by atoms with van der Waals surface area (Å²) in [4.78, 5) is 26.1. The topological polar surface area (TPSA) is 61.4 Å². The van der Waals surface area contributed by atoms with Gasteiger partial charge in [0.25, 0.3) is 0 Å². The molecule has 5 heteroatoms. The van der Waals surface area contributed by atoms with E-state index in [1.165, 1.54) is 0 Å². The minimum Gasteiger partial charge on any atom is -0.326 e. The van der Waals surface area contributed by atoms with Gasteiger partial charge in [0.1, 0.15) is 0 Å². The van der Waals surface area contributed by atoms with Crippen LogP contribution < -0.4 is 10.6 Å². The highest BCUT2D eigenvalue weighted by Gasteiger charge is 2.13. The molecule has 0 aliphatic rings. The quantitative estimate of drug-likeness (QED) is 0.756. The van der Waals surface area contributed by atoms with E-state index in [1.807, 2.05) is 44.2 Å². The minimum absolute atomic E-state index is 0.0289. The smallest absolute Gasteiger partial charge is 0.322 e. The Balaban J connectivity index is 1.98. The number of amides is 3. The molecule has 0 atom stereocenters. The zero-order valence-corrected chi connectivity index (χ0v) is 15.7. The third kappa shape index (κ3) is 5.92. The van der Waals surface area contributed by atoms with E-state index in [0.717, 1.165) is 17.7 Å². The monoisotopic (exact) mass is 353 g/mol. The number of anilines is 2. The molecule has 0 aromatic heterocycles. The van der Waals surface area contributed by atoms with E-state index in [-0.39, 0.29) is 17.9 Å². The van der Waals surface area contributed by atoms with E-state index < -0.39 is 0 Å². The average Bonchev–Trinajstić information content (AvgIpc) is 2.63. The van der Waals surface area contributed by atoms with Crippen LogP contribution in [-0.2, 0) is 11.3 Å². The lowest BCUT2D eigenvalue weighted by Crippen LogP contribution is -2.35. The van der Waals surface area contributed by atoms with Crippen molar-refractivity contribution in [2.24, 2.45) is 5.92 Å². The molecule has 2 rings (SSSR count). The highest BCUT2D eigenvalue weighted by atomic mass is 16.2. The number of hydrogen-bond acceptors (Lipinski definition) is 2. The molecule has 0 radical (unpaired) electrons. The number of nitrogens with one attached hydrogen (secondary N) is 2. The third-order valence-electron chi connectivity index (χ3n) is 3.93. The Bertz CT molecular complexity index is 712. The molecule has 26 heavy (non-hydrogen) atoms. The number of benzene rings is 2.